The standard InChI is InChI=1S/C34H30O8/c1-3-5-15-7-19-27(21-11-17(35)13-25(39)31(21)33(41)29(19)23(37)9-15)28-20-8-16(6-4-2)10-24(38)30(20)34(42)32-22(28)12-18(36)14-26(32)40/h7-14,27-28,35-40H,3-6H2,1-2H3/t27-,28-/m0/s1. The summed E-state index contributed by atoms with van der Waals surface area (Å²) in [5, 5.41) is 65.4. The Kier molecular flexibility index (Phi) is 6.37. The van der Waals surface area contributed by atoms with Gasteiger partial charge < -0.3 is 30.6 Å². The van der Waals surface area contributed by atoms with E-state index < -0.39 is 34.9 Å². The van der Waals surface area contributed by atoms with E-state index >= 15 is 0 Å². The lowest BCUT2D eigenvalue weighted by atomic mass is 9.63. The molecule has 0 aliphatic heterocycles. The number of aryl methyl sites for hydroxylation is 2. The van der Waals surface area contributed by atoms with Crippen LogP contribution in [0.3, 0.4) is 0 Å². The molecule has 0 unspecified atom stereocenters. The second-order valence-electron chi connectivity index (χ2n) is 11.1. The van der Waals surface area contributed by atoms with E-state index in [9.17, 15) is 40.2 Å². The van der Waals surface area contributed by atoms with Gasteiger partial charge in [-0.05, 0) is 70.5 Å². The van der Waals surface area contributed by atoms with E-state index in [1.165, 1.54) is 24.3 Å². The van der Waals surface area contributed by atoms with E-state index in [0.717, 1.165) is 36.1 Å². The monoisotopic (exact) mass is 566 g/mol. The van der Waals surface area contributed by atoms with Crippen LogP contribution in [0.5, 0.6) is 34.5 Å². The number of phenolic OH excluding ortho intramolecular Hbond substituents is 6. The van der Waals surface area contributed by atoms with E-state index in [4.69, 9.17) is 0 Å². The normalized spacial score (nSPS) is 16.9. The molecular weight excluding hydrogens is 536 g/mol. The molecule has 0 bridgehead atoms. The summed E-state index contributed by atoms with van der Waals surface area (Å²) < 4.78 is 0. The molecule has 2 atom stereocenters. The largest absolute Gasteiger partial charge is 0.508 e. The predicted molar refractivity (Wildman–Crippen MR) is 154 cm³/mol. The Bertz CT molecular complexity index is 1690. The molecule has 0 amide bonds. The van der Waals surface area contributed by atoms with E-state index in [1.54, 1.807) is 12.1 Å². The highest BCUT2D eigenvalue weighted by Gasteiger charge is 2.46. The smallest absolute Gasteiger partial charge is 0.201 e. The molecule has 0 saturated heterocycles. The number of phenols is 6. The first-order chi connectivity index (χ1) is 20.0. The van der Waals surface area contributed by atoms with E-state index in [-0.39, 0.29) is 56.4 Å². The zero-order valence-electron chi connectivity index (χ0n) is 23.1. The molecule has 6 N–H and O–H groups in total. The number of aromatic hydroxyl groups is 6. The maximum absolute atomic E-state index is 13.8. The van der Waals surface area contributed by atoms with Crippen LogP contribution in [-0.2, 0) is 12.8 Å². The molecule has 42 heavy (non-hydrogen) atoms. The highest BCUT2D eigenvalue weighted by Crippen LogP contribution is 2.57. The van der Waals surface area contributed by atoms with Gasteiger partial charge in [0.15, 0.2) is 0 Å². The van der Waals surface area contributed by atoms with Gasteiger partial charge in [0.25, 0.3) is 0 Å². The topological polar surface area (TPSA) is 156 Å². The Hall–Kier alpha value is -4.98. The number of hydrogen-bond donors (Lipinski definition) is 6. The zero-order valence-corrected chi connectivity index (χ0v) is 23.1. The third kappa shape index (κ3) is 3.97. The lowest BCUT2D eigenvalue weighted by Gasteiger charge is -2.39. The lowest BCUT2D eigenvalue weighted by molar-refractivity contribution is 0.101. The average molecular weight is 567 g/mol. The molecule has 6 rings (SSSR count). The molecule has 4 aromatic carbocycles. The minimum Gasteiger partial charge on any atom is -0.508 e. The van der Waals surface area contributed by atoms with E-state index in [1.807, 2.05) is 13.8 Å². The fourth-order valence-corrected chi connectivity index (χ4v) is 6.83. The SMILES string of the molecule is CCCc1cc(O)c2c(c1)[C@H]([C@@H]1c3cc(O)cc(O)c3C(=O)c3c(O)cc(CCC)cc31)c1cc(O)cc(O)c1C2=O. The first kappa shape index (κ1) is 27.2. The summed E-state index contributed by atoms with van der Waals surface area (Å²) in [5.41, 5.74) is 2.56. The minimum absolute atomic E-state index is 0.0216. The highest BCUT2D eigenvalue weighted by molar-refractivity contribution is 6.18. The Balaban J connectivity index is 1.78. The van der Waals surface area contributed by atoms with Crippen LogP contribution in [0.15, 0.2) is 48.5 Å². The van der Waals surface area contributed by atoms with Crippen LogP contribution in [0.4, 0.5) is 0 Å². The summed E-state index contributed by atoms with van der Waals surface area (Å²) in [5.74, 6) is -5.10. The van der Waals surface area contributed by atoms with Crippen molar-refractivity contribution in [2.45, 2.75) is 51.4 Å². The first-order valence-electron chi connectivity index (χ1n) is 14.0. The second kappa shape index (κ2) is 9.83. The molecule has 214 valence electrons. The Morgan fingerprint density at radius 2 is 0.786 bits per heavy atom. The molecule has 0 spiro atoms. The van der Waals surface area contributed by atoms with Crippen LogP contribution in [0.2, 0.25) is 0 Å². The third-order valence-electron chi connectivity index (χ3n) is 8.34. The van der Waals surface area contributed by atoms with Crippen LogP contribution in [0.1, 0.15) is 104 Å². The van der Waals surface area contributed by atoms with Gasteiger partial charge in [0.2, 0.25) is 11.6 Å². The van der Waals surface area contributed by atoms with Crippen molar-refractivity contribution < 1.29 is 40.2 Å². The maximum atomic E-state index is 13.8. The molecule has 8 nitrogen and oxygen atoms in total. The average Bonchev–Trinajstić information content (AvgIpc) is 2.89. The van der Waals surface area contributed by atoms with Crippen molar-refractivity contribution in [3.8, 4) is 34.5 Å². The van der Waals surface area contributed by atoms with Crippen molar-refractivity contribution in [1.82, 2.24) is 0 Å². The number of carbonyl (C=O) groups excluding carboxylic acids is 2. The van der Waals surface area contributed by atoms with Crippen LogP contribution in [0, 0.1) is 0 Å². The molecule has 0 radical (unpaired) electrons. The minimum atomic E-state index is -0.892. The van der Waals surface area contributed by atoms with Gasteiger partial charge in [-0.2, -0.15) is 0 Å². The van der Waals surface area contributed by atoms with Crippen LogP contribution in [0.25, 0.3) is 0 Å². The van der Waals surface area contributed by atoms with Gasteiger partial charge in [0, 0.05) is 24.0 Å². The molecule has 0 heterocycles. The summed E-state index contributed by atoms with van der Waals surface area (Å²) in [6, 6.07) is 11.5. The van der Waals surface area contributed by atoms with Gasteiger partial charge in [-0.1, -0.05) is 38.8 Å². The lowest BCUT2D eigenvalue weighted by Crippen LogP contribution is -2.30. The van der Waals surface area contributed by atoms with Crippen LogP contribution >= 0.6 is 0 Å². The van der Waals surface area contributed by atoms with Gasteiger partial charge in [0.1, 0.15) is 34.5 Å². The first-order valence-corrected chi connectivity index (χ1v) is 14.0. The third-order valence-corrected chi connectivity index (χ3v) is 8.34. The Morgan fingerprint density at radius 3 is 1.12 bits per heavy atom. The van der Waals surface area contributed by atoms with Gasteiger partial charge in [0.05, 0.1) is 22.3 Å². The van der Waals surface area contributed by atoms with Gasteiger partial charge in [-0.3, -0.25) is 9.59 Å². The van der Waals surface area contributed by atoms with Gasteiger partial charge in [-0.25, -0.2) is 0 Å². The maximum Gasteiger partial charge on any atom is 0.201 e. The molecule has 0 fully saturated rings. The van der Waals surface area contributed by atoms with Crippen molar-refractivity contribution in [2.24, 2.45) is 0 Å². The highest BCUT2D eigenvalue weighted by atomic mass is 16.3. The molecule has 8 heteroatoms. The molecule has 2 aliphatic rings. The number of benzene rings is 4. The zero-order chi connectivity index (χ0) is 30.0. The van der Waals surface area contributed by atoms with Crippen LogP contribution in [-0.4, -0.2) is 42.2 Å². The fourth-order valence-electron chi connectivity index (χ4n) is 6.83. The number of rotatable bonds is 5. The molecule has 0 saturated carbocycles. The predicted octanol–water partition coefficient (Wildman–Crippen LogP) is 5.88. The van der Waals surface area contributed by atoms with Gasteiger partial charge >= 0.3 is 0 Å². The van der Waals surface area contributed by atoms with Crippen molar-refractivity contribution in [1.29, 1.82) is 0 Å². The summed E-state index contributed by atoms with van der Waals surface area (Å²) in [6.07, 6.45) is 2.71. The number of hydrogen-bond acceptors (Lipinski definition) is 8. The van der Waals surface area contributed by atoms with Crippen molar-refractivity contribution in [3.05, 3.63) is 104 Å². The Labute approximate surface area is 241 Å². The van der Waals surface area contributed by atoms with E-state index in [2.05, 4.69) is 0 Å². The molecule has 2 aliphatic carbocycles. The summed E-state index contributed by atoms with van der Waals surface area (Å²) in [4.78, 5) is 27.7. The molecule has 4 aromatic rings. The Morgan fingerprint density at radius 1 is 0.476 bits per heavy atom. The van der Waals surface area contributed by atoms with Gasteiger partial charge in [-0.15, -0.1) is 0 Å². The van der Waals surface area contributed by atoms with Crippen molar-refractivity contribution in [2.75, 3.05) is 0 Å². The summed E-state index contributed by atoms with van der Waals surface area (Å²) in [7, 11) is 0. The molecule has 0 aromatic heterocycles. The quantitative estimate of drug-likeness (QED) is 0.175. The number of fused-ring (bicyclic) bond motifs is 4. The second-order valence-corrected chi connectivity index (χ2v) is 11.1. The summed E-state index contributed by atoms with van der Waals surface area (Å²) in [6.45, 7) is 3.96. The number of carbonyl (C=O) groups is 2. The molecular formula is C34H30O8. The van der Waals surface area contributed by atoms with Crippen molar-refractivity contribution in [3.63, 3.8) is 0 Å². The van der Waals surface area contributed by atoms with Crippen LogP contribution < -0.4 is 0 Å². The number of ketones is 2. The summed E-state index contributed by atoms with van der Waals surface area (Å²) >= 11 is 0. The van der Waals surface area contributed by atoms with Crippen molar-refractivity contribution >= 4 is 11.6 Å². The van der Waals surface area contributed by atoms with E-state index in [0.29, 0.717) is 24.0 Å². The fraction of sp³-hybridized carbons (Fsp3) is 0.235.